The zero-order chi connectivity index (χ0) is 24.6. The van der Waals surface area contributed by atoms with Crippen LogP contribution in [0.5, 0.6) is 0 Å². The molecule has 3 aromatic carbocycles. The zero-order valence-electron chi connectivity index (χ0n) is 19.9. The molecule has 0 fully saturated rings. The second kappa shape index (κ2) is 11.8. The van der Waals surface area contributed by atoms with Gasteiger partial charge >= 0.3 is 0 Å². The van der Waals surface area contributed by atoms with E-state index in [1.165, 1.54) is 0 Å². The van der Waals surface area contributed by atoms with Crippen molar-refractivity contribution in [3.05, 3.63) is 106 Å². The van der Waals surface area contributed by atoms with Crippen molar-refractivity contribution in [3.63, 3.8) is 0 Å². The number of carbonyl (C=O) groups excluding carboxylic acids is 1. The summed E-state index contributed by atoms with van der Waals surface area (Å²) in [6.07, 6.45) is 0.425. The predicted octanol–water partition coefficient (Wildman–Crippen LogP) is 6.05. The number of aromatic nitrogens is 2. The lowest BCUT2D eigenvalue weighted by molar-refractivity contribution is -0.138. The van der Waals surface area contributed by atoms with Crippen LogP contribution in [0.2, 0.25) is 5.02 Å². The Morgan fingerprint density at radius 3 is 2.49 bits per heavy atom. The maximum absolute atomic E-state index is 13.2. The molecular formula is C28H28ClN3O3. The fourth-order valence-electron chi connectivity index (χ4n) is 3.78. The Bertz CT molecular complexity index is 1240. The highest BCUT2D eigenvalue weighted by Gasteiger charge is 2.22. The Kier molecular flexibility index (Phi) is 8.29. The molecule has 0 saturated carbocycles. The third-order valence-electron chi connectivity index (χ3n) is 5.87. The van der Waals surface area contributed by atoms with Gasteiger partial charge in [-0.1, -0.05) is 89.6 Å². The summed E-state index contributed by atoms with van der Waals surface area (Å²) < 4.78 is 11.2. The van der Waals surface area contributed by atoms with Crippen molar-refractivity contribution in [2.24, 2.45) is 0 Å². The van der Waals surface area contributed by atoms with Crippen molar-refractivity contribution in [3.8, 4) is 11.4 Å². The van der Waals surface area contributed by atoms with Crippen molar-refractivity contribution < 1.29 is 14.1 Å². The molecular weight excluding hydrogens is 462 g/mol. The topological polar surface area (TPSA) is 68.5 Å². The van der Waals surface area contributed by atoms with Crippen molar-refractivity contribution >= 4 is 17.5 Å². The van der Waals surface area contributed by atoms with Gasteiger partial charge in [0.25, 0.3) is 0 Å². The van der Waals surface area contributed by atoms with Crippen molar-refractivity contribution in [2.45, 2.75) is 32.9 Å². The molecule has 0 bridgehead atoms. The van der Waals surface area contributed by atoms with E-state index < -0.39 is 0 Å². The molecule has 1 amide bonds. The van der Waals surface area contributed by atoms with Gasteiger partial charge in [0.05, 0.1) is 12.6 Å². The van der Waals surface area contributed by atoms with Crippen LogP contribution in [0.1, 0.15) is 35.5 Å². The number of aryl methyl sites for hydroxylation is 1. The van der Waals surface area contributed by atoms with Gasteiger partial charge in [-0.05, 0) is 36.6 Å². The average Bonchev–Trinajstić information content (AvgIpc) is 3.36. The third-order valence-corrected chi connectivity index (χ3v) is 6.28. The SMILES string of the molecule is Cc1ccc(-c2noc(CCN(C(=O)COCc3ccccc3)[C@H](C)c3ccccc3)n2)cc1Cl. The van der Waals surface area contributed by atoms with Gasteiger partial charge in [0.2, 0.25) is 17.6 Å². The number of nitrogens with zero attached hydrogens (tertiary/aromatic N) is 3. The summed E-state index contributed by atoms with van der Waals surface area (Å²) in [5, 5.41) is 4.74. The first-order valence-electron chi connectivity index (χ1n) is 11.6. The van der Waals surface area contributed by atoms with Crippen LogP contribution in [-0.2, 0) is 22.6 Å². The second-order valence-electron chi connectivity index (χ2n) is 8.38. The summed E-state index contributed by atoms with van der Waals surface area (Å²) >= 11 is 6.24. The molecule has 7 heteroatoms. The minimum atomic E-state index is -0.137. The average molecular weight is 490 g/mol. The zero-order valence-corrected chi connectivity index (χ0v) is 20.6. The van der Waals surface area contributed by atoms with Gasteiger partial charge in [-0.15, -0.1) is 0 Å². The minimum absolute atomic E-state index is 0.0109. The first-order chi connectivity index (χ1) is 17.0. The monoisotopic (exact) mass is 489 g/mol. The molecule has 4 rings (SSSR count). The Morgan fingerprint density at radius 1 is 1.06 bits per heavy atom. The minimum Gasteiger partial charge on any atom is -0.367 e. The van der Waals surface area contributed by atoms with E-state index in [-0.39, 0.29) is 18.6 Å². The summed E-state index contributed by atoms with van der Waals surface area (Å²) in [5.41, 5.74) is 3.84. The molecule has 1 heterocycles. The largest absolute Gasteiger partial charge is 0.367 e. The smallest absolute Gasteiger partial charge is 0.249 e. The normalized spacial score (nSPS) is 11.9. The second-order valence-corrected chi connectivity index (χ2v) is 8.79. The van der Waals surface area contributed by atoms with E-state index in [4.69, 9.17) is 20.9 Å². The quantitative estimate of drug-likeness (QED) is 0.271. The standard InChI is InChI=1S/C28H28ClN3O3/c1-20-13-14-24(17-25(20)29)28-30-26(35-31-28)15-16-32(21(2)23-11-7-4-8-12-23)27(33)19-34-18-22-9-5-3-6-10-22/h3-14,17,21H,15-16,18-19H2,1-2H3/t21-/m1/s1. The highest BCUT2D eigenvalue weighted by Crippen LogP contribution is 2.24. The lowest BCUT2D eigenvalue weighted by atomic mass is 10.1. The molecule has 0 spiro atoms. The predicted molar refractivity (Wildman–Crippen MR) is 136 cm³/mol. The maximum atomic E-state index is 13.2. The molecule has 180 valence electrons. The van der Waals surface area contributed by atoms with Crippen LogP contribution in [0, 0.1) is 6.92 Å². The Hall–Kier alpha value is -3.48. The third kappa shape index (κ3) is 6.56. The van der Waals surface area contributed by atoms with Crippen LogP contribution in [0.3, 0.4) is 0 Å². The molecule has 0 unspecified atom stereocenters. The molecule has 1 atom stereocenters. The Labute approximate surface area is 210 Å². The fourth-order valence-corrected chi connectivity index (χ4v) is 3.96. The van der Waals surface area contributed by atoms with Crippen LogP contribution in [0.15, 0.2) is 83.4 Å². The van der Waals surface area contributed by atoms with Gasteiger partial charge in [-0.2, -0.15) is 4.98 Å². The summed E-state index contributed by atoms with van der Waals surface area (Å²) in [6, 6.07) is 25.3. The summed E-state index contributed by atoms with van der Waals surface area (Å²) in [7, 11) is 0. The number of halogens is 1. The van der Waals surface area contributed by atoms with Gasteiger partial charge in [-0.25, -0.2) is 0 Å². The Morgan fingerprint density at radius 2 is 1.77 bits per heavy atom. The van der Waals surface area contributed by atoms with Crippen LogP contribution < -0.4 is 0 Å². The molecule has 1 aromatic heterocycles. The van der Waals surface area contributed by atoms with E-state index in [0.717, 1.165) is 22.3 Å². The Balaban J connectivity index is 1.43. The highest BCUT2D eigenvalue weighted by atomic mass is 35.5. The van der Waals surface area contributed by atoms with Gasteiger partial charge in [0.1, 0.15) is 6.61 Å². The summed E-state index contributed by atoms with van der Waals surface area (Å²) in [4.78, 5) is 19.5. The first kappa shape index (κ1) is 24.6. The molecule has 0 N–H and O–H groups in total. The van der Waals surface area contributed by atoms with Gasteiger partial charge in [0.15, 0.2) is 0 Å². The number of ether oxygens (including phenoxy) is 1. The molecule has 4 aromatic rings. The maximum Gasteiger partial charge on any atom is 0.249 e. The van der Waals surface area contributed by atoms with E-state index in [1.54, 1.807) is 4.90 Å². The molecule has 0 aliphatic rings. The van der Waals surface area contributed by atoms with Gasteiger partial charge < -0.3 is 14.2 Å². The molecule has 0 aliphatic carbocycles. The summed E-state index contributed by atoms with van der Waals surface area (Å²) in [6.45, 7) is 4.74. The molecule has 0 radical (unpaired) electrons. The van der Waals surface area contributed by atoms with E-state index in [2.05, 4.69) is 10.1 Å². The van der Waals surface area contributed by atoms with Crippen LogP contribution in [0.4, 0.5) is 0 Å². The van der Waals surface area contributed by atoms with E-state index >= 15 is 0 Å². The number of rotatable bonds is 10. The molecule has 35 heavy (non-hydrogen) atoms. The fraction of sp³-hybridized carbons (Fsp3) is 0.250. The van der Waals surface area contributed by atoms with Crippen LogP contribution >= 0.6 is 11.6 Å². The first-order valence-corrected chi connectivity index (χ1v) is 11.9. The number of amides is 1. The number of hydrogen-bond acceptors (Lipinski definition) is 5. The van der Waals surface area contributed by atoms with Gasteiger partial charge in [0, 0.05) is 23.6 Å². The van der Waals surface area contributed by atoms with E-state index in [9.17, 15) is 4.79 Å². The number of hydrogen-bond donors (Lipinski definition) is 0. The van der Waals surface area contributed by atoms with Crippen LogP contribution in [0.25, 0.3) is 11.4 Å². The highest BCUT2D eigenvalue weighted by molar-refractivity contribution is 6.31. The number of carbonyl (C=O) groups is 1. The van der Waals surface area contributed by atoms with Gasteiger partial charge in [-0.3, -0.25) is 4.79 Å². The van der Waals surface area contributed by atoms with Crippen LogP contribution in [-0.4, -0.2) is 34.1 Å². The molecule has 0 saturated heterocycles. The lowest BCUT2D eigenvalue weighted by Crippen LogP contribution is -2.37. The lowest BCUT2D eigenvalue weighted by Gasteiger charge is -2.29. The molecule has 6 nitrogen and oxygen atoms in total. The van der Waals surface area contributed by atoms with Crippen molar-refractivity contribution in [1.29, 1.82) is 0 Å². The van der Waals surface area contributed by atoms with Crippen molar-refractivity contribution in [2.75, 3.05) is 13.2 Å². The van der Waals surface area contributed by atoms with Crippen molar-refractivity contribution in [1.82, 2.24) is 15.0 Å². The summed E-state index contributed by atoms with van der Waals surface area (Å²) in [5.74, 6) is 0.837. The van der Waals surface area contributed by atoms with E-state index in [1.807, 2.05) is 92.7 Å². The van der Waals surface area contributed by atoms with E-state index in [0.29, 0.717) is 36.3 Å². The number of benzene rings is 3. The molecule has 0 aliphatic heterocycles.